The number of nitrogens with one attached hydrogen (secondary N) is 1. The molecule has 1 N–H and O–H groups in total. The fourth-order valence-electron chi connectivity index (χ4n) is 3.45. The van der Waals surface area contributed by atoms with Crippen molar-refractivity contribution in [3.63, 3.8) is 0 Å². The molecular formula is C23H25N3O4. The van der Waals surface area contributed by atoms with E-state index in [2.05, 4.69) is 5.32 Å². The molecule has 0 unspecified atom stereocenters. The summed E-state index contributed by atoms with van der Waals surface area (Å²) in [4.78, 5) is 53.3. The summed E-state index contributed by atoms with van der Waals surface area (Å²) in [6.07, 6.45) is 0.342. The van der Waals surface area contributed by atoms with Gasteiger partial charge >= 0.3 is 0 Å². The number of benzene rings is 2. The normalized spacial score (nSPS) is 14.0. The Morgan fingerprint density at radius 3 is 1.93 bits per heavy atom. The van der Waals surface area contributed by atoms with Gasteiger partial charge in [-0.15, -0.1) is 0 Å². The molecule has 0 fully saturated rings. The Morgan fingerprint density at radius 1 is 0.933 bits per heavy atom. The number of hydrogen-bond donors (Lipinski definition) is 1. The van der Waals surface area contributed by atoms with Crippen LogP contribution in [-0.2, 0) is 4.79 Å². The number of imide groups is 1. The maximum Gasteiger partial charge on any atom is 0.262 e. The lowest BCUT2D eigenvalue weighted by molar-refractivity contribution is -0.120. The molecule has 0 saturated heterocycles. The topological polar surface area (TPSA) is 86.8 Å². The van der Waals surface area contributed by atoms with E-state index in [1.54, 1.807) is 62.6 Å². The zero-order valence-electron chi connectivity index (χ0n) is 17.5. The number of carbonyl (C=O) groups excluding carboxylic acids is 4. The molecule has 7 nitrogen and oxygen atoms in total. The van der Waals surface area contributed by atoms with E-state index in [9.17, 15) is 19.2 Å². The maximum absolute atomic E-state index is 13.1. The van der Waals surface area contributed by atoms with E-state index < -0.39 is 23.8 Å². The quantitative estimate of drug-likeness (QED) is 0.746. The molecule has 0 radical (unpaired) electrons. The number of amides is 4. The first-order valence-electron chi connectivity index (χ1n) is 9.80. The van der Waals surface area contributed by atoms with Crippen molar-refractivity contribution in [1.29, 1.82) is 0 Å². The highest BCUT2D eigenvalue weighted by atomic mass is 16.2. The second-order valence-electron chi connectivity index (χ2n) is 7.94. The average molecular weight is 407 g/mol. The van der Waals surface area contributed by atoms with Crippen molar-refractivity contribution in [2.75, 3.05) is 19.4 Å². The van der Waals surface area contributed by atoms with Gasteiger partial charge in [-0.25, -0.2) is 0 Å². The smallest absolute Gasteiger partial charge is 0.262 e. The molecule has 4 amide bonds. The number of nitrogens with zero attached hydrogens (tertiary/aromatic N) is 2. The third-order valence-electron chi connectivity index (χ3n) is 4.94. The molecule has 1 aliphatic rings. The van der Waals surface area contributed by atoms with E-state index in [1.165, 1.54) is 4.90 Å². The Hall–Kier alpha value is -3.48. The van der Waals surface area contributed by atoms with Gasteiger partial charge < -0.3 is 10.2 Å². The lowest BCUT2D eigenvalue weighted by atomic mass is 10.0. The number of fused-ring (bicyclic) bond motifs is 1. The van der Waals surface area contributed by atoms with Gasteiger partial charge in [-0.1, -0.05) is 26.0 Å². The van der Waals surface area contributed by atoms with Crippen LogP contribution in [0.1, 0.15) is 51.3 Å². The maximum atomic E-state index is 13.1. The molecule has 3 rings (SSSR count). The van der Waals surface area contributed by atoms with Gasteiger partial charge in [0.25, 0.3) is 17.7 Å². The number of hydrogen-bond acceptors (Lipinski definition) is 4. The Balaban J connectivity index is 1.83. The second-order valence-corrected chi connectivity index (χ2v) is 7.94. The van der Waals surface area contributed by atoms with Gasteiger partial charge in [-0.05, 0) is 48.7 Å². The summed E-state index contributed by atoms with van der Waals surface area (Å²) in [6.45, 7) is 3.86. The molecule has 0 bridgehead atoms. The standard InChI is InChI=1S/C23H25N3O4/c1-14(2)13-19(26-22(29)17-7-5-6-8-18(17)23(26)30)20(27)24-16-11-9-15(10-12-16)21(28)25(3)4/h5-12,14,19H,13H2,1-4H3,(H,24,27)/t19-/m1/s1. The minimum atomic E-state index is -0.930. The van der Waals surface area contributed by atoms with Crippen molar-refractivity contribution < 1.29 is 19.2 Å². The summed E-state index contributed by atoms with van der Waals surface area (Å²) in [6, 6.07) is 12.2. The number of rotatable bonds is 6. The van der Waals surface area contributed by atoms with Crippen LogP contribution in [0.15, 0.2) is 48.5 Å². The van der Waals surface area contributed by atoms with Gasteiger partial charge in [0.1, 0.15) is 6.04 Å². The Bertz CT molecular complexity index is 961. The molecule has 0 aliphatic carbocycles. The van der Waals surface area contributed by atoms with Crippen LogP contribution in [0.2, 0.25) is 0 Å². The third kappa shape index (κ3) is 4.10. The molecule has 30 heavy (non-hydrogen) atoms. The van der Waals surface area contributed by atoms with E-state index in [0.717, 1.165) is 4.90 Å². The van der Waals surface area contributed by atoms with Gasteiger partial charge in [0.2, 0.25) is 5.91 Å². The number of anilines is 1. The van der Waals surface area contributed by atoms with Crippen LogP contribution in [0.25, 0.3) is 0 Å². The van der Waals surface area contributed by atoms with Crippen molar-refractivity contribution >= 4 is 29.3 Å². The number of carbonyl (C=O) groups is 4. The van der Waals surface area contributed by atoms with Crippen LogP contribution >= 0.6 is 0 Å². The largest absolute Gasteiger partial charge is 0.345 e. The van der Waals surface area contributed by atoms with Gasteiger partial charge in [0, 0.05) is 25.3 Å². The second kappa shape index (κ2) is 8.49. The van der Waals surface area contributed by atoms with Gasteiger partial charge in [-0.2, -0.15) is 0 Å². The highest BCUT2D eigenvalue weighted by Gasteiger charge is 2.42. The van der Waals surface area contributed by atoms with Crippen LogP contribution in [0.4, 0.5) is 5.69 Å². The molecule has 0 saturated carbocycles. The lowest BCUT2D eigenvalue weighted by Gasteiger charge is -2.26. The SMILES string of the molecule is CC(C)C[C@H](C(=O)Nc1ccc(C(=O)N(C)C)cc1)N1C(=O)c2ccccc2C1=O. The minimum absolute atomic E-state index is 0.0881. The molecule has 1 heterocycles. The van der Waals surface area contributed by atoms with Crippen LogP contribution in [0.5, 0.6) is 0 Å². The molecule has 156 valence electrons. The molecule has 7 heteroatoms. The summed E-state index contributed by atoms with van der Waals surface area (Å²) in [5, 5.41) is 2.78. The monoisotopic (exact) mass is 407 g/mol. The van der Waals surface area contributed by atoms with E-state index in [1.807, 2.05) is 13.8 Å². The van der Waals surface area contributed by atoms with E-state index in [0.29, 0.717) is 28.8 Å². The van der Waals surface area contributed by atoms with Gasteiger partial charge in [0.05, 0.1) is 11.1 Å². The molecule has 1 aliphatic heterocycles. The fourth-order valence-corrected chi connectivity index (χ4v) is 3.45. The molecule has 1 atom stereocenters. The Kier molecular flexibility index (Phi) is 6.01. The summed E-state index contributed by atoms with van der Waals surface area (Å²) in [7, 11) is 3.33. The van der Waals surface area contributed by atoms with Crippen LogP contribution < -0.4 is 5.32 Å². The summed E-state index contributed by atoms with van der Waals surface area (Å²) >= 11 is 0. The van der Waals surface area contributed by atoms with Crippen LogP contribution in [-0.4, -0.2) is 53.6 Å². The van der Waals surface area contributed by atoms with Gasteiger partial charge in [0.15, 0.2) is 0 Å². The highest BCUT2D eigenvalue weighted by molar-refractivity contribution is 6.23. The third-order valence-corrected chi connectivity index (χ3v) is 4.94. The molecule has 0 spiro atoms. The Labute approximate surface area is 175 Å². The predicted molar refractivity (Wildman–Crippen MR) is 113 cm³/mol. The summed E-state index contributed by atoms with van der Waals surface area (Å²) in [5.41, 5.74) is 1.61. The lowest BCUT2D eigenvalue weighted by Crippen LogP contribution is -2.47. The highest BCUT2D eigenvalue weighted by Crippen LogP contribution is 2.27. The van der Waals surface area contributed by atoms with Gasteiger partial charge in [-0.3, -0.25) is 24.1 Å². The van der Waals surface area contributed by atoms with Crippen molar-refractivity contribution in [2.24, 2.45) is 5.92 Å². The first-order chi connectivity index (χ1) is 14.2. The average Bonchev–Trinajstić information content (AvgIpc) is 2.96. The predicted octanol–water partition coefficient (Wildman–Crippen LogP) is 3.04. The zero-order chi connectivity index (χ0) is 22.0. The van der Waals surface area contributed by atoms with Crippen molar-refractivity contribution in [2.45, 2.75) is 26.3 Å². The minimum Gasteiger partial charge on any atom is -0.345 e. The van der Waals surface area contributed by atoms with E-state index in [4.69, 9.17) is 0 Å². The van der Waals surface area contributed by atoms with Crippen LogP contribution in [0.3, 0.4) is 0 Å². The molecular weight excluding hydrogens is 382 g/mol. The summed E-state index contributed by atoms with van der Waals surface area (Å²) in [5.74, 6) is -1.40. The van der Waals surface area contributed by atoms with E-state index in [-0.39, 0.29) is 11.8 Å². The first kappa shape index (κ1) is 21.2. The van der Waals surface area contributed by atoms with Crippen LogP contribution in [0, 0.1) is 5.92 Å². The molecule has 2 aromatic rings. The molecule has 0 aromatic heterocycles. The summed E-state index contributed by atoms with van der Waals surface area (Å²) < 4.78 is 0. The van der Waals surface area contributed by atoms with E-state index >= 15 is 0 Å². The first-order valence-corrected chi connectivity index (χ1v) is 9.80. The zero-order valence-corrected chi connectivity index (χ0v) is 17.5. The van der Waals surface area contributed by atoms with Crippen molar-refractivity contribution in [1.82, 2.24) is 9.80 Å². The fraction of sp³-hybridized carbons (Fsp3) is 0.304. The molecule has 2 aromatic carbocycles. The van der Waals surface area contributed by atoms with Crippen molar-refractivity contribution in [3.8, 4) is 0 Å². The Morgan fingerprint density at radius 2 is 1.47 bits per heavy atom. The van der Waals surface area contributed by atoms with Crippen molar-refractivity contribution in [3.05, 3.63) is 65.2 Å².